The van der Waals surface area contributed by atoms with Crippen molar-refractivity contribution in [3.63, 3.8) is 0 Å². The molecule has 0 aromatic carbocycles. The first-order chi connectivity index (χ1) is 7.36. The third-order valence-corrected chi connectivity index (χ3v) is 5.12. The molecule has 0 saturated heterocycles. The highest BCUT2D eigenvalue weighted by atomic mass is 32.2. The monoisotopic (exact) mass is 246 g/mol. The molecule has 1 aliphatic rings. The second kappa shape index (κ2) is 8.81. The normalized spacial score (nSPS) is 18.6. The molecule has 0 heterocycles. The molecule has 0 unspecified atom stereocenters. The van der Waals surface area contributed by atoms with Crippen molar-refractivity contribution in [2.24, 2.45) is 11.8 Å². The SMILES string of the molecule is CSCC(CCC1CCCCC1)CSC. The number of thioether (sulfide) groups is 2. The van der Waals surface area contributed by atoms with Crippen molar-refractivity contribution in [1.29, 1.82) is 0 Å². The number of hydrogen-bond donors (Lipinski definition) is 0. The van der Waals surface area contributed by atoms with Crippen LogP contribution in [0.1, 0.15) is 44.9 Å². The lowest BCUT2D eigenvalue weighted by atomic mass is 9.84. The van der Waals surface area contributed by atoms with E-state index < -0.39 is 0 Å². The van der Waals surface area contributed by atoms with Crippen LogP contribution in [-0.4, -0.2) is 24.0 Å². The van der Waals surface area contributed by atoms with Crippen LogP contribution in [0.25, 0.3) is 0 Å². The van der Waals surface area contributed by atoms with Gasteiger partial charge < -0.3 is 0 Å². The van der Waals surface area contributed by atoms with Gasteiger partial charge in [-0.2, -0.15) is 23.5 Å². The molecule has 0 radical (unpaired) electrons. The average molecular weight is 246 g/mol. The summed E-state index contributed by atoms with van der Waals surface area (Å²) in [5.41, 5.74) is 0. The quantitative estimate of drug-likeness (QED) is 0.639. The Labute approximate surface area is 104 Å². The molecule has 0 aliphatic heterocycles. The first-order valence-corrected chi connectivity index (χ1v) is 9.13. The largest absolute Gasteiger partial charge is 0.165 e. The van der Waals surface area contributed by atoms with Gasteiger partial charge in [0.15, 0.2) is 0 Å². The lowest BCUT2D eigenvalue weighted by molar-refractivity contribution is 0.319. The Morgan fingerprint density at radius 2 is 1.60 bits per heavy atom. The van der Waals surface area contributed by atoms with E-state index in [1.54, 1.807) is 0 Å². The van der Waals surface area contributed by atoms with Gasteiger partial charge >= 0.3 is 0 Å². The topological polar surface area (TPSA) is 0 Å². The zero-order valence-corrected chi connectivity index (χ0v) is 12.0. The van der Waals surface area contributed by atoms with Crippen molar-refractivity contribution in [2.45, 2.75) is 44.9 Å². The maximum absolute atomic E-state index is 2.24. The van der Waals surface area contributed by atoms with Crippen molar-refractivity contribution in [3.8, 4) is 0 Å². The summed E-state index contributed by atoms with van der Waals surface area (Å²) >= 11 is 4.05. The fourth-order valence-electron chi connectivity index (χ4n) is 2.63. The van der Waals surface area contributed by atoms with E-state index in [4.69, 9.17) is 0 Å². The molecule has 1 aliphatic carbocycles. The summed E-state index contributed by atoms with van der Waals surface area (Å²) in [6.07, 6.45) is 15.0. The second-order valence-corrected chi connectivity index (χ2v) is 6.68. The summed E-state index contributed by atoms with van der Waals surface area (Å²) in [6, 6.07) is 0. The molecule has 1 fully saturated rings. The molecule has 0 N–H and O–H groups in total. The Hall–Kier alpha value is 0.700. The molecule has 1 rings (SSSR count). The highest BCUT2D eigenvalue weighted by Crippen LogP contribution is 2.29. The predicted octanol–water partition coefficient (Wildman–Crippen LogP) is 4.69. The second-order valence-electron chi connectivity index (χ2n) is 4.86. The third-order valence-electron chi connectivity index (χ3n) is 3.51. The van der Waals surface area contributed by atoms with Gasteiger partial charge in [0.05, 0.1) is 0 Å². The molecule has 0 atom stereocenters. The lowest BCUT2D eigenvalue weighted by Crippen LogP contribution is -2.12. The van der Waals surface area contributed by atoms with Gasteiger partial charge in [0.25, 0.3) is 0 Å². The Balaban J connectivity index is 2.13. The average Bonchev–Trinajstić information content (AvgIpc) is 2.28. The molecule has 0 nitrogen and oxygen atoms in total. The summed E-state index contributed by atoms with van der Waals surface area (Å²) in [5.74, 6) is 4.78. The van der Waals surface area contributed by atoms with Gasteiger partial charge in [0.1, 0.15) is 0 Å². The van der Waals surface area contributed by atoms with Crippen LogP contribution in [0.5, 0.6) is 0 Å². The lowest BCUT2D eigenvalue weighted by Gasteiger charge is -2.23. The molecule has 2 heteroatoms. The van der Waals surface area contributed by atoms with E-state index in [2.05, 4.69) is 12.5 Å². The molecule has 0 amide bonds. The number of hydrogen-bond acceptors (Lipinski definition) is 2. The molecule has 0 spiro atoms. The van der Waals surface area contributed by atoms with Gasteiger partial charge in [-0.1, -0.05) is 38.5 Å². The van der Waals surface area contributed by atoms with Crippen LogP contribution in [-0.2, 0) is 0 Å². The minimum absolute atomic E-state index is 0.969. The smallest absolute Gasteiger partial charge is 0.00340 e. The summed E-state index contributed by atoms with van der Waals surface area (Å²) in [4.78, 5) is 0. The van der Waals surface area contributed by atoms with Gasteiger partial charge in [-0.05, 0) is 42.3 Å². The third kappa shape index (κ3) is 6.11. The van der Waals surface area contributed by atoms with Crippen LogP contribution in [0.4, 0.5) is 0 Å². The predicted molar refractivity (Wildman–Crippen MR) is 76.1 cm³/mol. The van der Waals surface area contributed by atoms with Gasteiger partial charge in [-0.25, -0.2) is 0 Å². The summed E-state index contributed by atoms with van der Waals surface area (Å²) in [5, 5.41) is 0. The van der Waals surface area contributed by atoms with Crippen molar-refractivity contribution in [3.05, 3.63) is 0 Å². The van der Waals surface area contributed by atoms with Crippen molar-refractivity contribution < 1.29 is 0 Å². The summed E-state index contributed by atoms with van der Waals surface area (Å²) in [7, 11) is 0. The molecular weight excluding hydrogens is 220 g/mol. The zero-order chi connectivity index (χ0) is 10.9. The maximum Gasteiger partial charge on any atom is -0.00340 e. The van der Waals surface area contributed by atoms with E-state index in [1.165, 1.54) is 56.5 Å². The van der Waals surface area contributed by atoms with E-state index >= 15 is 0 Å². The van der Waals surface area contributed by atoms with Crippen LogP contribution in [0, 0.1) is 11.8 Å². The molecule has 15 heavy (non-hydrogen) atoms. The van der Waals surface area contributed by atoms with Crippen molar-refractivity contribution >= 4 is 23.5 Å². The molecule has 1 saturated carbocycles. The molecule has 0 aromatic rings. The van der Waals surface area contributed by atoms with Gasteiger partial charge in [-0.15, -0.1) is 0 Å². The van der Waals surface area contributed by atoms with Crippen molar-refractivity contribution in [1.82, 2.24) is 0 Å². The Morgan fingerprint density at radius 3 is 2.13 bits per heavy atom. The highest BCUT2D eigenvalue weighted by Gasteiger charge is 2.15. The fraction of sp³-hybridized carbons (Fsp3) is 1.00. The van der Waals surface area contributed by atoms with Crippen LogP contribution in [0.15, 0.2) is 0 Å². The standard InChI is InChI=1S/C13H26S2/c1-14-10-13(11-15-2)9-8-12-6-4-3-5-7-12/h12-13H,3-11H2,1-2H3. The van der Waals surface area contributed by atoms with Crippen LogP contribution in [0.2, 0.25) is 0 Å². The van der Waals surface area contributed by atoms with Gasteiger partial charge in [0, 0.05) is 0 Å². The van der Waals surface area contributed by atoms with Crippen LogP contribution < -0.4 is 0 Å². The van der Waals surface area contributed by atoms with E-state index in [-0.39, 0.29) is 0 Å². The van der Waals surface area contributed by atoms with E-state index in [9.17, 15) is 0 Å². The first kappa shape index (κ1) is 13.8. The van der Waals surface area contributed by atoms with Crippen molar-refractivity contribution in [2.75, 3.05) is 24.0 Å². The molecule has 90 valence electrons. The van der Waals surface area contributed by atoms with E-state index in [0.717, 1.165) is 11.8 Å². The molecule has 0 aromatic heterocycles. The van der Waals surface area contributed by atoms with E-state index in [0.29, 0.717) is 0 Å². The molecule has 0 bridgehead atoms. The van der Waals surface area contributed by atoms with Gasteiger partial charge in [-0.3, -0.25) is 0 Å². The summed E-state index contributed by atoms with van der Waals surface area (Å²) in [6.45, 7) is 0. The number of rotatable bonds is 7. The minimum Gasteiger partial charge on any atom is -0.165 e. The molecular formula is C13H26S2. The fourth-order valence-corrected chi connectivity index (χ4v) is 4.29. The van der Waals surface area contributed by atoms with E-state index in [1.807, 2.05) is 23.5 Å². The van der Waals surface area contributed by atoms with Crippen LogP contribution >= 0.6 is 23.5 Å². The zero-order valence-electron chi connectivity index (χ0n) is 10.3. The maximum atomic E-state index is 2.24. The Morgan fingerprint density at radius 1 is 1.00 bits per heavy atom. The van der Waals surface area contributed by atoms with Gasteiger partial charge in [0.2, 0.25) is 0 Å². The minimum atomic E-state index is 0.969. The van der Waals surface area contributed by atoms with Crippen LogP contribution in [0.3, 0.4) is 0 Å². The Kier molecular flexibility index (Phi) is 8.08. The first-order valence-electron chi connectivity index (χ1n) is 6.34. The highest BCUT2D eigenvalue weighted by molar-refractivity contribution is 7.99. The Bertz CT molecular complexity index is 135. The summed E-state index contributed by atoms with van der Waals surface area (Å²) < 4.78 is 0.